The summed E-state index contributed by atoms with van der Waals surface area (Å²) < 4.78 is 0. The fraction of sp³-hybridized carbons (Fsp3) is 0.762. The summed E-state index contributed by atoms with van der Waals surface area (Å²) in [4.78, 5) is 35.2. The molecule has 0 bridgehead atoms. The first-order valence-corrected chi connectivity index (χ1v) is 10.1. The summed E-state index contributed by atoms with van der Waals surface area (Å²) >= 11 is 0. The Morgan fingerprint density at radius 2 is 1.46 bits per heavy atom. The van der Waals surface area contributed by atoms with Gasteiger partial charge in [-0.3, -0.25) is 9.59 Å². The first-order chi connectivity index (χ1) is 12.5. The standard InChI is InChI=1S/C21H34O5/c1-2-3-4-5-6-10-13-17(22)14-18(16-11-8-7-9-12-16)19(21(25)26)15-20(23)24/h16H,2-15H2,1H3,(H,23,24)(H,25,26). The molecule has 0 unspecified atom stereocenters. The van der Waals surface area contributed by atoms with Crippen LogP contribution in [-0.2, 0) is 14.4 Å². The number of hydrogen-bond acceptors (Lipinski definition) is 3. The molecular weight excluding hydrogens is 332 g/mol. The fourth-order valence-corrected chi connectivity index (χ4v) is 3.83. The molecule has 1 saturated carbocycles. The first-order valence-electron chi connectivity index (χ1n) is 10.1. The van der Waals surface area contributed by atoms with Crippen molar-refractivity contribution in [2.45, 2.75) is 96.8 Å². The lowest BCUT2D eigenvalue weighted by molar-refractivity contribution is -0.139. The van der Waals surface area contributed by atoms with Gasteiger partial charge in [0.2, 0.25) is 0 Å². The molecule has 148 valence electrons. The molecule has 0 amide bonds. The number of carbonyl (C=O) groups excluding carboxylic acids is 1. The second kappa shape index (κ2) is 12.7. The number of unbranched alkanes of at least 4 members (excludes halogenated alkanes) is 5. The van der Waals surface area contributed by atoms with E-state index in [0.717, 1.165) is 51.4 Å². The predicted molar refractivity (Wildman–Crippen MR) is 101 cm³/mol. The zero-order chi connectivity index (χ0) is 19.4. The predicted octanol–water partition coefficient (Wildman–Crippen LogP) is 5.13. The molecule has 1 aliphatic rings. The smallest absolute Gasteiger partial charge is 0.332 e. The number of hydrogen-bond donors (Lipinski definition) is 2. The minimum atomic E-state index is -1.19. The van der Waals surface area contributed by atoms with Crippen molar-refractivity contribution in [2.75, 3.05) is 0 Å². The minimum absolute atomic E-state index is 0.0442. The monoisotopic (exact) mass is 366 g/mol. The van der Waals surface area contributed by atoms with Crippen LogP contribution in [0.1, 0.15) is 96.8 Å². The van der Waals surface area contributed by atoms with Crippen LogP contribution in [0.15, 0.2) is 11.1 Å². The SMILES string of the molecule is CCCCCCCCC(=O)CC(=C(CC(=O)O)C(=O)O)C1CCCCC1. The van der Waals surface area contributed by atoms with E-state index in [9.17, 15) is 19.5 Å². The van der Waals surface area contributed by atoms with Crippen LogP contribution >= 0.6 is 0 Å². The summed E-state index contributed by atoms with van der Waals surface area (Å²) in [5.74, 6) is -2.26. The van der Waals surface area contributed by atoms with Gasteiger partial charge in [-0.1, -0.05) is 58.3 Å². The van der Waals surface area contributed by atoms with Crippen molar-refractivity contribution >= 4 is 17.7 Å². The van der Waals surface area contributed by atoms with Gasteiger partial charge in [-0.05, 0) is 30.8 Å². The van der Waals surface area contributed by atoms with Crippen molar-refractivity contribution in [2.24, 2.45) is 5.92 Å². The average molecular weight is 366 g/mol. The topological polar surface area (TPSA) is 91.7 Å². The highest BCUT2D eigenvalue weighted by Gasteiger charge is 2.27. The van der Waals surface area contributed by atoms with Gasteiger partial charge in [-0.15, -0.1) is 0 Å². The second-order valence-electron chi connectivity index (χ2n) is 7.45. The van der Waals surface area contributed by atoms with Gasteiger partial charge < -0.3 is 10.2 Å². The van der Waals surface area contributed by atoms with E-state index in [1.807, 2.05) is 0 Å². The van der Waals surface area contributed by atoms with Gasteiger partial charge in [0.1, 0.15) is 5.78 Å². The van der Waals surface area contributed by atoms with E-state index in [4.69, 9.17) is 5.11 Å². The number of ketones is 1. The zero-order valence-corrected chi connectivity index (χ0v) is 16.1. The van der Waals surface area contributed by atoms with Crippen LogP contribution in [0.4, 0.5) is 0 Å². The van der Waals surface area contributed by atoms with Crippen molar-refractivity contribution in [3.05, 3.63) is 11.1 Å². The van der Waals surface area contributed by atoms with Gasteiger partial charge in [0.05, 0.1) is 6.42 Å². The molecule has 5 nitrogen and oxygen atoms in total. The molecule has 1 rings (SSSR count). The Morgan fingerprint density at radius 3 is 2.04 bits per heavy atom. The van der Waals surface area contributed by atoms with Crippen LogP contribution in [-0.4, -0.2) is 27.9 Å². The van der Waals surface area contributed by atoms with Crippen LogP contribution in [0.3, 0.4) is 0 Å². The van der Waals surface area contributed by atoms with Gasteiger partial charge in [-0.25, -0.2) is 4.79 Å². The summed E-state index contributed by atoms with van der Waals surface area (Å²) in [6, 6.07) is 0. The second-order valence-corrected chi connectivity index (χ2v) is 7.45. The minimum Gasteiger partial charge on any atom is -0.481 e. The molecule has 0 spiro atoms. The zero-order valence-electron chi connectivity index (χ0n) is 16.1. The van der Waals surface area contributed by atoms with Gasteiger partial charge in [0.15, 0.2) is 0 Å². The molecule has 0 aromatic heterocycles. The molecule has 0 radical (unpaired) electrons. The number of allylic oxidation sites excluding steroid dienone is 1. The highest BCUT2D eigenvalue weighted by atomic mass is 16.4. The number of Topliss-reactive ketones (excluding diaryl/α,β-unsaturated/α-hetero) is 1. The lowest BCUT2D eigenvalue weighted by atomic mass is 9.79. The van der Waals surface area contributed by atoms with E-state index in [2.05, 4.69) is 6.92 Å². The van der Waals surface area contributed by atoms with Crippen LogP contribution in [0.5, 0.6) is 0 Å². The van der Waals surface area contributed by atoms with E-state index in [1.165, 1.54) is 19.3 Å². The highest BCUT2D eigenvalue weighted by molar-refractivity contribution is 5.94. The van der Waals surface area contributed by atoms with Crippen molar-refractivity contribution in [3.63, 3.8) is 0 Å². The van der Waals surface area contributed by atoms with Gasteiger partial charge in [0.25, 0.3) is 0 Å². The molecule has 0 aromatic rings. The molecule has 5 heteroatoms. The van der Waals surface area contributed by atoms with E-state index in [0.29, 0.717) is 12.0 Å². The Labute approximate surface area is 156 Å². The summed E-state index contributed by atoms with van der Waals surface area (Å²) in [6.07, 6.45) is 11.5. The summed E-state index contributed by atoms with van der Waals surface area (Å²) in [5.41, 5.74) is 0.510. The van der Waals surface area contributed by atoms with E-state index < -0.39 is 18.4 Å². The number of carboxylic acid groups (broad SMARTS) is 2. The molecular formula is C21H34O5. The number of carboxylic acids is 2. The van der Waals surface area contributed by atoms with E-state index in [1.54, 1.807) is 0 Å². The third-order valence-corrected chi connectivity index (χ3v) is 5.27. The Kier molecular flexibility index (Phi) is 10.9. The lowest BCUT2D eigenvalue weighted by Crippen LogP contribution is -2.19. The number of aliphatic carboxylic acids is 2. The molecule has 26 heavy (non-hydrogen) atoms. The van der Waals surface area contributed by atoms with Crippen molar-refractivity contribution < 1.29 is 24.6 Å². The Hall–Kier alpha value is -1.65. The van der Waals surface area contributed by atoms with Gasteiger partial charge in [0, 0.05) is 18.4 Å². The Bertz CT molecular complexity index is 501. The largest absolute Gasteiger partial charge is 0.481 e. The molecule has 1 aliphatic carbocycles. The maximum Gasteiger partial charge on any atom is 0.332 e. The summed E-state index contributed by atoms with van der Waals surface area (Å²) in [5, 5.41) is 18.6. The van der Waals surface area contributed by atoms with Crippen LogP contribution in [0.25, 0.3) is 0 Å². The lowest BCUT2D eigenvalue weighted by Gasteiger charge is -2.26. The summed E-state index contributed by atoms with van der Waals surface area (Å²) in [6.45, 7) is 2.17. The number of carbonyl (C=O) groups is 3. The molecule has 0 aliphatic heterocycles. The first kappa shape index (κ1) is 22.4. The van der Waals surface area contributed by atoms with Gasteiger partial charge >= 0.3 is 11.9 Å². The van der Waals surface area contributed by atoms with Crippen LogP contribution < -0.4 is 0 Å². The third-order valence-electron chi connectivity index (χ3n) is 5.27. The summed E-state index contributed by atoms with van der Waals surface area (Å²) in [7, 11) is 0. The average Bonchev–Trinajstić information content (AvgIpc) is 2.61. The molecule has 0 atom stereocenters. The van der Waals surface area contributed by atoms with Crippen molar-refractivity contribution in [3.8, 4) is 0 Å². The highest BCUT2D eigenvalue weighted by Crippen LogP contribution is 2.34. The van der Waals surface area contributed by atoms with E-state index >= 15 is 0 Å². The molecule has 0 aromatic carbocycles. The molecule has 0 saturated heterocycles. The Balaban J connectivity index is 2.73. The molecule has 2 N–H and O–H groups in total. The molecule has 0 heterocycles. The van der Waals surface area contributed by atoms with Crippen molar-refractivity contribution in [1.29, 1.82) is 0 Å². The van der Waals surface area contributed by atoms with Crippen LogP contribution in [0, 0.1) is 5.92 Å². The maximum atomic E-state index is 12.4. The number of rotatable bonds is 13. The quantitative estimate of drug-likeness (QED) is 0.348. The normalized spacial score (nSPS) is 16.2. The maximum absolute atomic E-state index is 12.4. The molecule has 1 fully saturated rings. The fourth-order valence-electron chi connectivity index (χ4n) is 3.83. The third kappa shape index (κ3) is 8.63. The van der Waals surface area contributed by atoms with Gasteiger partial charge in [-0.2, -0.15) is 0 Å². The Morgan fingerprint density at radius 1 is 0.846 bits per heavy atom. The van der Waals surface area contributed by atoms with Crippen LogP contribution in [0.2, 0.25) is 0 Å². The van der Waals surface area contributed by atoms with E-state index in [-0.39, 0.29) is 23.7 Å². The van der Waals surface area contributed by atoms with Crippen molar-refractivity contribution in [1.82, 2.24) is 0 Å².